The number of anilines is 2. The van der Waals surface area contributed by atoms with E-state index in [0.29, 0.717) is 0 Å². The molecule has 0 aliphatic heterocycles. The average Bonchev–Trinajstić information content (AvgIpc) is 3.31. The molecule has 0 unspecified atom stereocenters. The predicted octanol–water partition coefficient (Wildman–Crippen LogP) is 6.28. The van der Waals surface area contributed by atoms with Gasteiger partial charge in [0.15, 0.2) is 0 Å². The monoisotopic (exact) mass is 455 g/mol. The third kappa shape index (κ3) is 3.80. The molecule has 0 spiro atoms. The number of halogens is 2. The molecule has 0 saturated carbocycles. The Morgan fingerprint density at radius 1 is 0.733 bits per heavy atom. The highest BCUT2D eigenvalue weighted by Crippen LogP contribution is 2.43. The summed E-state index contributed by atoms with van der Waals surface area (Å²) in [6.07, 6.45) is 0. The van der Waals surface area contributed by atoms with Gasteiger partial charge in [0.1, 0.15) is 0 Å². The van der Waals surface area contributed by atoms with Crippen LogP contribution in [0.3, 0.4) is 0 Å². The van der Waals surface area contributed by atoms with Gasteiger partial charge in [0.25, 0.3) is 0 Å². The van der Waals surface area contributed by atoms with Crippen molar-refractivity contribution < 1.29 is 0 Å². The van der Waals surface area contributed by atoms with E-state index in [1.807, 2.05) is 18.2 Å². The molecule has 5 rings (SSSR count). The lowest BCUT2D eigenvalue weighted by Gasteiger charge is -2.17. The first-order chi connectivity index (χ1) is 13.7. The number of hydrogen-bond donors (Lipinski definition) is 3. The fourth-order valence-corrected chi connectivity index (χ4v) is 4.95. The second-order valence-electron chi connectivity index (χ2n) is 7.15. The summed E-state index contributed by atoms with van der Waals surface area (Å²) < 4.78 is 0. The first-order valence-corrected chi connectivity index (χ1v) is 10.3. The van der Waals surface area contributed by atoms with Crippen molar-refractivity contribution in [2.24, 2.45) is 0 Å². The van der Waals surface area contributed by atoms with Crippen molar-refractivity contribution in [1.29, 1.82) is 0 Å². The molecule has 30 heavy (non-hydrogen) atoms. The summed E-state index contributed by atoms with van der Waals surface area (Å²) in [5.41, 5.74) is 22.4. The van der Waals surface area contributed by atoms with E-state index in [1.54, 1.807) is 11.3 Å². The van der Waals surface area contributed by atoms with E-state index in [1.165, 1.54) is 27.8 Å². The van der Waals surface area contributed by atoms with Gasteiger partial charge in [-0.2, -0.15) is 11.3 Å². The van der Waals surface area contributed by atoms with Crippen LogP contribution in [0.4, 0.5) is 11.4 Å². The Balaban J connectivity index is 0.00000128. The van der Waals surface area contributed by atoms with Crippen molar-refractivity contribution in [2.75, 3.05) is 11.5 Å². The zero-order valence-corrected chi connectivity index (χ0v) is 18.6. The largest absolute Gasteiger partial charge is 0.399 e. The highest BCUT2D eigenvalue weighted by Gasteiger charge is 2.27. The fraction of sp³-hybridized carbons (Fsp3) is 0.0833. The lowest BCUT2D eigenvalue weighted by atomic mass is 10.0. The molecule has 0 radical (unpaired) electrons. The number of thiophene rings is 1. The maximum atomic E-state index is 6.22. The van der Waals surface area contributed by atoms with Gasteiger partial charge in [-0.15, -0.1) is 24.8 Å². The molecule has 1 heterocycles. The molecule has 3 nitrogen and oxygen atoms in total. The number of fused-ring (bicyclic) bond motifs is 3. The van der Waals surface area contributed by atoms with E-state index >= 15 is 0 Å². The average molecular weight is 456 g/mol. The van der Waals surface area contributed by atoms with Gasteiger partial charge in [-0.25, -0.2) is 0 Å². The quantitative estimate of drug-likeness (QED) is 0.317. The standard InChI is InChI=1S/C24H21N3S.2ClH/c25-16-9-10-23(26)21(11-16)22-14-28-13-15(22)12-27-24-19-7-3-1-5-17(19)18-6-2-4-8-20(18)24;;/h1-11,13-14,24,27H,12,25-26H2;2*1H. The van der Waals surface area contributed by atoms with Crippen LogP contribution in [0.5, 0.6) is 0 Å². The third-order valence-corrected chi connectivity index (χ3v) is 6.23. The van der Waals surface area contributed by atoms with Crippen molar-refractivity contribution in [3.05, 3.63) is 94.2 Å². The van der Waals surface area contributed by atoms with Crippen LogP contribution in [0.25, 0.3) is 22.3 Å². The zero-order chi connectivity index (χ0) is 19.1. The van der Waals surface area contributed by atoms with E-state index in [2.05, 4.69) is 64.6 Å². The number of hydrogen-bond acceptors (Lipinski definition) is 4. The molecule has 3 aromatic carbocycles. The summed E-state index contributed by atoms with van der Waals surface area (Å²) in [6, 6.07) is 23.2. The molecule has 4 aromatic rings. The van der Waals surface area contributed by atoms with Gasteiger partial charge >= 0.3 is 0 Å². The summed E-state index contributed by atoms with van der Waals surface area (Å²) in [5.74, 6) is 0. The molecule has 0 atom stereocenters. The van der Waals surface area contributed by atoms with Crippen LogP contribution in [-0.4, -0.2) is 0 Å². The molecule has 6 heteroatoms. The molecule has 0 amide bonds. The van der Waals surface area contributed by atoms with E-state index in [4.69, 9.17) is 11.5 Å². The van der Waals surface area contributed by atoms with Crippen LogP contribution in [-0.2, 0) is 6.54 Å². The predicted molar refractivity (Wildman–Crippen MR) is 134 cm³/mol. The first kappa shape index (κ1) is 22.2. The van der Waals surface area contributed by atoms with Crippen molar-refractivity contribution in [3.63, 3.8) is 0 Å². The van der Waals surface area contributed by atoms with E-state index in [0.717, 1.165) is 29.0 Å². The number of benzene rings is 3. The lowest BCUT2D eigenvalue weighted by Crippen LogP contribution is -2.20. The molecule has 0 bridgehead atoms. The van der Waals surface area contributed by atoms with Gasteiger partial charge in [-0.05, 0) is 62.3 Å². The number of nitrogens with two attached hydrogens (primary N) is 2. The normalized spacial score (nSPS) is 11.9. The summed E-state index contributed by atoms with van der Waals surface area (Å²) in [5, 5.41) is 8.12. The Labute approximate surface area is 193 Å². The zero-order valence-electron chi connectivity index (χ0n) is 16.2. The maximum absolute atomic E-state index is 6.22. The summed E-state index contributed by atoms with van der Waals surface area (Å²) >= 11 is 1.69. The maximum Gasteiger partial charge on any atom is 0.0591 e. The Morgan fingerprint density at radius 3 is 2.03 bits per heavy atom. The Bertz CT molecular complexity index is 1130. The number of rotatable bonds is 4. The van der Waals surface area contributed by atoms with Crippen molar-refractivity contribution in [2.45, 2.75) is 12.6 Å². The highest BCUT2D eigenvalue weighted by atomic mass is 35.5. The van der Waals surface area contributed by atoms with Gasteiger partial charge in [-0.3, -0.25) is 0 Å². The van der Waals surface area contributed by atoms with E-state index in [-0.39, 0.29) is 30.9 Å². The first-order valence-electron chi connectivity index (χ1n) is 9.34. The smallest absolute Gasteiger partial charge is 0.0591 e. The highest BCUT2D eigenvalue weighted by molar-refractivity contribution is 7.08. The minimum absolute atomic E-state index is 0. The van der Waals surface area contributed by atoms with Gasteiger partial charge in [0.05, 0.1) is 6.04 Å². The number of nitrogens with one attached hydrogen (secondary N) is 1. The Morgan fingerprint density at radius 2 is 1.37 bits per heavy atom. The minimum atomic E-state index is 0. The molecule has 5 N–H and O–H groups in total. The van der Waals surface area contributed by atoms with Gasteiger partial charge in [0.2, 0.25) is 0 Å². The molecule has 1 aromatic heterocycles. The topological polar surface area (TPSA) is 64.1 Å². The Hall–Kier alpha value is -2.50. The summed E-state index contributed by atoms with van der Waals surface area (Å²) in [7, 11) is 0. The lowest BCUT2D eigenvalue weighted by molar-refractivity contribution is 0.617. The minimum Gasteiger partial charge on any atom is -0.399 e. The number of nitrogen functional groups attached to an aromatic ring is 2. The van der Waals surface area contributed by atoms with Crippen LogP contribution in [0, 0.1) is 0 Å². The molecule has 1 aliphatic carbocycles. The summed E-state index contributed by atoms with van der Waals surface area (Å²) in [4.78, 5) is 0. The molecule has 154 valence electrons. The second-order valence-corrected chi connectivity index (χ2v) is 7.89. The molecule has 0 saturated heterocycles. The van der Waals surface area contributed by atoms with Gasteiger partial charge in [-0.1, -0.05) is 48.5 Å². The Kier molecular flexibility index (Phi) is 6.74. The molecule has 1 aliphatic rings. The van der Waals surface area contributed by atoms with Crippen LogP contribution in [0.2, 0.25) is 0 Å². The van der Waals surface area contributed by atoms with Gasteiger partial charge < -0.3 is 16.8 Å². The van der Waals surface area contributed by atoms with Crippen LogP contribution < -0.4 is 16.8 Å². The third-order valence-electron chi connectivity index (χ3n) is 5.44. The van der Waals surface area contributed by atoms with Crippen molar-refractivity contribution in [1.82, 2.24) is 5.32 Å². The van der Waals surface area contributed by atoms with Crippen LogP contribution in [0.15, 0.2) is 77.5 Å². The fourth-order valence-electron chi connectivity index (χ4n) is 4.09. The molecule has 0 fully saturated rings. The van der Waals surface area contributed by atoms with Crippen molar-refractivity contribution in [3.8, 4) is 22.3 Å². The van der Waals surface area contributed by atoms with Crippen LogP contribution >= 0.6 is 36.2 Å². The SMILES string of the molecule is Cl.Cl.Nc1ccc(N)c(-c2cscc2CNC2c3ccccc3-c3ccccc32)c1. The van der Waals surface area contributed by atoms with E-state index in [9.17, 15) is 0 Å². The molecular formula is C24H23Cl2N3S. The van der Waals surface area contributed by atoms with E-state index < -0.39 is 0 Å². The van der Waals surface area contributed by atoms with Crippen molar-refractivity contribution >= 4 is 47.5 Å². The second kappa shape index (κ2) is 9.11. The van der Waals surface area contributed by atoms with Gasteiger partial charge in [0, 0.05) is 23.5 Å². The van der Waals surface area contributed by atoms with Crippen LogP contribution in [0.1, 0.15) is 22.7 Å². The molecular weight excluding hydrogens is 433 g/mol. The summed E-state index contributed by atoms with van der Waals surface area (Å²) in [6.45, 7) is 0.764.